The van der Waals surface area contributed by atoms with E-state index in [2.05, 4.69) is 10.6 Å². The number of hydrogen-bond acceptors (Lipinski definition) is 2. The molecule has 1 aliphatic carbocycles. The number of nitrogens with one attached hydrogen (secondary N) is 2. The molecule has 2 N–H and O–H groups in total. The van der Waals surface area contributed by atoms with Crippen LogP contribution in [0.1, 0.15) is 46.7 Å². The molecule has 1 unspecified atom stereocenters. The summed E-state index contributed by atoms with van der Waals surface area (Å²) in [6, 6.07) is 9.14. The fraction of sp³-hybridized carbons (Fsp3) is 0.300. The highest BCUT2D eigenvalue weighted by molar-refractivity contribution is 5.95. The Morgan fingerprint density at radius 1 is 1.12 bits per heavy atom. The molecule has 0 aromatic heterocycles. The summed E-state index contributed by atoms with van der Waals surface area (Å²) in [7, 11) is 1.56. The van der Waals surface area contributed by atoms with Gasteiger partial charge >= 0.3 is 0 Å². The number of halogens is 2. The van der Waals surface area contributed by atoms with Gasteiger partial charge in [0, 0.05) is 24.7 Å². The monoisotopic (exact) mass is 358 g/mol. The number of benzene rings is 2. The van der Waals surface area contributed by atoms with E-state index in [1.165, 1.54) is 12.1 Å². The van der Waals surface area contributed by atoms with Crippen molar-refractivity contribution in [3.8, 4) is 0 Å². The summed E-state index contributed by atoms with van der Waals surface area (Å²) in [6.45, 7) is 0. The summed E-state index contributed by atoms with van der Waals surface area (Å²) in [5.41, 5.74) is 2.77. The van der Waals surface area contributed by atoms with Crippen molar-refractivity contribution in [3.63, 3.8) is 0 Å². The van der Waals surface area contributed by atoms with Crippen molar-refractivity contribution in [1.29, 1.82) is 0 Å². The maximum atomic E-state index is 13.5. The van der Waals surface area contributed by atoms with Gasteiger partial charge in [-0.3, -0.25) is 9.59 Å². The van der Waals surface area contributed by atoms with Crippen molar-refractivity contribution in [2.75, 3.05) is 12.4 Å². The van der Waals surface area contributed by atoms with Crippen LogP contribution in [0.25, 0.3) is 0 Å². The second kappa shape index (κ2) is 7.64. The average Bonchev–Trinajstić information content (AvgIpc) is 3.02. The fourth-order valence-corrected chi connectivity index (χ4v) is 3.36. The molecule has 0 bridgehead atoms. The molecule has 136 valence electrons. The van der Waals surface area contributed by atoms with E-state index in [0.717, 1.165) is 17.5 Å². The highest BCUT2D eigenvalue weighted by Crippen LogP contribution is 2.37. The largest absolute Gasteiger partial charge is 0.355 e. The van der Waals surface area contributed by atoms with Gasteiger partial charge in [-0.1, -0.05) is 0 Å². The van der Waals surface area contributed by atoms with Crippen LogP contribution in [-0.4, -0.2) is 18.9 Å². The zero-order chi connectivity index (χ0) is 18.7. The molecule has 0 heterocycles. The summed E-state index contributed by atoms with van der Waals surface area (Å²) < 4.78 is 26.8. The Morgan fingerprint density at radius 3 is 2.50 bits per heavy atom. The number of hydrogen-bond donors (Lipinski definition) is 2. The number of carbonyl (C=O) groups is 2. The number of fused-ring (bicyclic) bond motifs is 1. The third-order valence-corrected chi connectivity index (χ3v) is 4.76. The standard InChI is InChI=1S/C20H20F2N2O2/c1-23-20(26)13-4-7-15(8-5-13)24-19(25)9-6-12-2-3-14-10-17(21)18(22)11-16(12)14/h4-5,7-8,10-12H,2-3,6,9H2,1H3,(H,23,26)(H,24,25). The van der Waals surface area contributed by atoms with Gasteiger partial charge in [0.2, 0.25) is 5.91 Å². The fourth-order valence-electron chi connectivity index (χ4n) is 3.36. The molecule has 0 aliphatic heterocycles. The van der Waals surface area contributed by atoms with Crippen LogP contribution in [0, 0.1) is 11.6 Å². The van der Waals surface area contributed by atoms with Gasteiger partial charge in [0.05, 0.1) is 0 Å². The average molecular weight is 358 g/mol. The molecule has 2 aromatic rings. The topological polar surface area (TPSA) is 58.2 Å². The Labute approximate surface area is 150 Å². The van der Waals surface area contributed by atoms with Crippen LogP contribution >= 0.6 is 0 Å². The highest BCUT2D eigenvalue weighted by atomic mass is 19.2. The maximum absolute atomic E-state index is 13.5. The van der Waals surface area contributed by atoms with Gasteiger partial charge in [-0.15, -0.1) is 0 Å². The molecule has 0 saturated heterocycles. The Bertz CT molecular complexity index is 834. The molecule has 0 radical (unpaired) electrons. The van der Waals surface area contributed by atoms with E-state index in [0.29, 0.717) is 30.5 Å². The first kappa shape index (κ1) is 18.0. The SMILES string of the molecule is CNC(=O)c1ccc(NC(=O)CCC2CCc3cc(F)c(F)cc32)cc1. The first-order chi connectivity index (χ1) is 12.5. The number of anilines is 1. The molecule has 4 nitrogen and oxygen atoms in total. The van der Waals surface area contributed by atoms with Crippen LogP contribution in [0.5, 0.6) is 0 Å². The van der Waals surface area contributed by atoms with E-state index in [1.807, 2.05) is 0 Å². The summed E-state index contributed by atoms with van der Waals surface area (Å²) >= 11 is 0. The molecular formula is C20H20F2N2O2. The summed E-state index contributed by atoms with van der Waals surface area (Å²) in [5, 5.41) is 5.32. The Morgan fingerprint density at radius 2 is 1.81 bits per heavy atom. The van der Waals surface area contributed by atoms with Gasteiger partial charge in [-0.25, -0.2) is 8.78 Å². The normalized spacial score (nSPS) is 15.4. The van der Waals surface area contributed by atoms with Crippen molar-refractivity contribution in [2.24, 2.45) is 0 Å². The Kier molecular flexibility index (Phi) is 5.30. The molecule has 26 heavy (non-hydrogen) atoms. The molecule has 3 rings (SSSR count). The van der Waals surface area contributed by atoms with Gasteiger partial charge < -0.3 is 10.6 Å². The number of rotatable bonds is 5. The van der Waals surface area contributed by atoms with E-state index in [9.17, 15) is 18.4 Å². The Balaban J connectivity index is 1.56. The zero-order valence-electron chi connectivity index (χ0n) is 14.4. The lowest BCUT2D eigenvalue weighted by molar-refractivity contribution is -0.116. The maximum Gasteiger partial charge on any atom is 0.251 e. The van der Waals surface area contributed by atoms with Gasteiger partial charge in [-0.2, -0.15) is 0 Å². The summed E-state index contributed by atoms with van der Waals surface area (Å²) in [4.78, 5) is 23.6. The predicted molar refractivity (Wildman–Crippen MR) is 95.1 cm³/mol. The van der Waals surface area contributed by atoms with Crippen molar-refractivity contribution in [1.82, 2.24) is 5.32 Å². The minimum Gasteiger partial charge on any atom is -0.355 e. The lowest BCUT2D eigenvalue weighted by Gasteiger charge is -2.12. The molecule has 2 aromatic carbocycles. The lowest BCUT2D eigenvalue weighted by atomic mass is 9.96. The molecule has 0 fully saturated rings. The molecule has 1 aliphatic rings. The molecule has 0 saturated carbocycles. The second-order valence-electron chi connectivity index (χ2n) is 6.44. The molecule has 0 spiro atoms. The van der Waals surface area contributed by atoms with E-state index >= 15 is 0 Å². The zero-order valence-corrected chi connectivity index (χ0v) is 14.4. The number of carbonyl (C=O) groups excluding carboxylic acids is 2. The quantitative estimate of drug-likeness (QED) is 0.855. The second-order valence-corrected chi connectivity index (χ2v) is 6.44. The number of amides is 2. The third-order valence-electron chi connectivity index (χ3n) is 4.76. The predicted octanol–water partition coefficient (Wildman–Crippen LogP) is 3.77. The molecular weight excluding hydrogens is 338 g/mol. The van der Waals surface area contributed by atoms with Crippen LogP contribution in [0.3, 0.4) is 0 Å². The van der Waals surface area contributed by atoms with Crippen LogP contribution in [0.4, 0.5) is 14.5 Å². The first-order valence-electron chi connectivity index (χ1n) is 8.57. The third kappa shape index (κ3) is 3.90. The van der Waals surface area contributed by atoms with Crippen molar-refractivity contribution >= 4 is 17.5 Å². The van der Waals surface area contributed by atoms with Gasteiger partial charge in [0.1, 0.15) is 0 Å². The molecule has 6 heteroatoms. The summed E-state index contributed by atoms with van der Waals surface area (Å²) in [6.07, 6.45) is 2.38. The molecule has 2 amide bonds. The summed E-state index contributed by atoms with van der Waals surface area (Å²) in [5.74, 6) is -1.92. The van der Waals surface area contributed by atoms with Crippen molar-refractivity contribution < 1.29 is 18.4 Å². The molecule has 1 atom stereocenters. The van der Waals surface area contributed by atoms with E-state index in [1.54, 1.807) is 31.3 Å². The van der Waals surface area contributed by atoms with Crippen molar-refractivity contribution in [2.45, 2.75) is 31.6 Å². The van der Waals surface area contributed by atoms with Crippen LogP contribution < -0.4 is 10.6 Å². The van der Waals surface area contributed by atoms with Crippen LogP contribution in [0.15, 0.2) is 36.4 Å². The van der Waals surface area contributed by atoms with Crippen molar-refractivity contribution in [3.05, 3.63) is 64.7 Å². The van der Waals surface area contributed by atoms with Gasteiger partial charge in [0.15, 0.2) is 11.6 Å². The first-order valence-corrected chi connectivity index (χ1v) is 8.57. The van der Waals surface area contributed by atoms with Gasteiger partial charge in [0.25, 0.3) is 5.91 Å². The minimum absolute atomic E-state index is 0.0708. The Hall–Kier alpha value is -2.76. The van der Waals surface area contributed by atoms with Crippen LogP contribution in [0.2, 0.25) is 0 Å². The lowest BCUT2D eigenvalue weighted by Crippen LogP contribution is -2.18. The van der Waals surface area contributed by atoms with E-state index in [4.69, 9.17) is 0 Å². The van der Waals surface area contributed by atoms with Crippen LogP contribution in [-0.2, 0) is 11.2 Å². The minimum atomic E-state index is -0.837. The number of aryl methyl sites for hydroxylation is 1. The van der Waals surface area contributed by atoms with E-state index < -0.39 is 11.6 Å². The van der Waals surface area contributed by atoms with Gasteiger partial charge in [-0.05, 0) is 72.7 Å². The highest BCUT2D eigenvalue weighted by Gasteiger charge is 2.25. The smallest absolute Gasteiger partial charge is 0.251 e. The van der Waals surface area contributed by atoms with E-state index in [-0.39, 0.29) is 17.7 Å².